The maximum absolute atomic E-state index is 12.5. The van der Waals surface area contributed by atoms with Gasteiger partial charge < -0.3 is 15.2 Å². The van der Waals surface area contributed by atoms with Crippen LogP contribution in [0.15, 0.2) is 24.3 Å². The number of rotatable bonds is 6. The highest BCUT2D eigenvalue weighted by Gasteiger charge is 2.30. The first-order valence-corrected chi connectivity index (χ1v) is 6.07. The summed E-state index contributed by atoms with van der Waals surface area (Å²) < 4.78 is 42.1. The van der Waals surface area contributed by atoms with Crippen molar-refractivity contribution in [1.82, 2.24) is 0 Å². The summed E-state index contributed by atoms with van der Waals surface area (Å²) in [7, 11) is 0. The van der Waals surface area contributed by atoms with Gasteiger partial charge in [-0.15, -0.1) is 0 Å². The Kier molecular flexibility index (Phi) is 5.82. The smallest absolute Gasteiger partial charge is 0.416 e. The Morgan fingerprint density at radius 1 is 1.45 bits per heavy atom. The van der Waals surface area contributed by atoms with Gasteiger partial charge in [0.2, 0.25) is 0 Å². The van der Waals surface area contributed by atoms with Crippen LogP contribution >= 0.6 is 0 Å². The Hall–Kier alpha value is -1.76. The van der Waals surface area contributed by atoms with Crippen molar-refractivity contribution in [2.45, 2.75) is 25.6 Å². The van der Waals surface area contributed by atoms with Gasteiger partial charge in [0.1, 0.15) is 0 Å². The second kappa shape index (κ2) is 7.14. The van der Waals surface area contributed by atoms with Gasteiger partial charge in [0.05, 0.1) is 24.7 Å². The normalized spacial score (nSPS) is 12.8. The number of anilines is 1. The fourth-order valence-electron chi connectivity index (χ4n) is 1.53. The molecule has 0 aliphatic heterocycles. The number of aliphatic hydroxyl groups is 1. The summed E-state index contributed by atoms with van der Waals surface area (Å²) in [6.07, 6.45) is -5.65. The molecule has 4 nitrogen and oxygen atoms in total. The molecular weight excluding hydrogens is 275 g/mol. The van der Waals surface area contributed by atoms with Crippen molar-refractivity contribution < 1.29 is 27.8 Å². The molecule has 1 rings (SSSR count). The Morgan fingerprint density at radius 2 is 2.15 bits per heavy atom. The molecule has 1 atom stereocenters. The number of carbonyl (C=O) groups is 1. The van der Waals surface area contributed by atoms with Crippen LogP contribution < -0.4 is 5.32 Å². The standard InChI is InChI=1S/C13H16F3NO3/c1-2-20-12(19)7-11(18)8-17-10-5-3-4-9(6-10)13(14,15)16/h3-6,11,17-18H,2,7-8H2,1H3. The van der Waals surface area contributed by atoms with E-state index in [-0.39, 0.29) is 25.3 Å². The second-order valence-electron chi connectivity index (χ2n) is 4.12. The molecular formula is C13H16F3NO3. The van der Waals surface area contributed by atoms with Crippen LogP contribution in [0.4, 0.5) is 18.9 Å². The molecule has 7 heteroatoms. The number of esters is 1. The van der Waals surface area contributed by atoms with Crippen LogP contribution in [0.2, 0.25) is 0 Å². The molecule has 1 unspecified atom stereocenters. The number of halogens is 3. The monoisotopic (exact) mass is 291 g/mol. The van der Waals surface area contributed by atoms with E-state index in [1.54, 1.807) is 6.92 Å². The molecule has 0 bridgehead atoms. The lowest BCUT2D eigenvalue weighted by molar-refractivity contribution is -0.145. The summed E-state index contributed by atoms with van der Waals surface area (Å²) in [5.41, 5.74) is -0.551. The lowest BCUT2D eigenvalue weighted by atomic mass is 10.2. The molecule has 0 radical (unpaired) electrons. The fraction of sp³-hybridized carbons (Fsp3) is 0.462. The van der Waals surface area contributed by atoms with E-state index < -0.39 is 23.8 Å². The van der Waals surface area contributed by atoms with E-state index >= 15 is 0 Å². The molecule has 1 aromatic rings. The topological polar surface area (TPSA) is 58.6 Å². The average Bonchev–Trinajstić information content (AvgIpc) is 2.36. The molecule has 2 N–H and O–H groups in total. The fourth-order valence-corrected chi connectivity index (χ4v) is 1.53. The zero-order valence-electron chi connectivity index (χ0n) is 10.9. The lowest BCUT2D eigenvalue weighted by Crippen LogP contribution is -2.24. The Balaban J connectivity index is 2.51. The predicted molar refractivity (Wildman–Crippen MR) is 67.2 cm³/mol. The summed E-state index contributed by atoms with van der Waals surface area (Å²) in [5.74, 6) is -0.550. The minimum Gasteiger partial charge on any atom is -0.466 e. The number of alkyl halides is 3. The maximum atomic E-state index is 12.5. The van der Waals surface area contributed by atoms with Gasteiger partial charge in [-0.25, -0.2) is 0 Å². The number of nitrogens with one attached hydrogen (secondary N) is 1. The van der Waals surface area contributed by atoms with Gasteiger partial charge in [-0.3, -0.25) is 4.79 Å². The third-order valence-corrected chi connectivity index (χ3v) is 2.44. The van der Waals surface area contributed by atoms with E-state index in [4.69, 9.17) is 0 Å². The summed E-state index contributed by atoms with van der Waals surface area (Å²) in [5, 5.41) is 12.2. The Morgan fingerprint density at radius 3 is 2.75 bits per heavy atom. The number of hydrogen-bond donors (Lipinski definition) is 2. The molecule has 0 amide bonds. The highest BCUT2D eigenvalue weighted by molar-refractivity contribution is 5.70. The summed E-state index contributed by atoms with van der Waals surface area (Å²) in [6, 6.07) is 4.62. The number of ether oxygens (including phenoxy) is 1. The second-order valence-corrected chi connectivity index (χ2v) is 4.12. The van der Waals surface area contributed by atoms with Crippen LogP contribution in [-0.4, -0.2) is 30.3 Å². The highest BCUT2D eigenvalue weighted by Crippen LogP contribution is 2.30. The van der Waals surface area contributed by atoms with Gasteiger partial charge in [-0.05, 0) is 25.1 Å². The van der Waals surface area contributed by atoms with Crippen molar-refractivity contribution in [1.29, 1.82) is 0 Å². The first-order chi connectivity index (χ1) is 9.32. The van der Waals surface area contributed by atoms with Crippen molar-refractivity contribution in [2.75, 3.05) is 18.5 Å². The van der Waals surface area contributed by atoms with Crippen molar-refractivity contribution >= 4 is 11.7 Å². The minimum atomic E-state index is -4.42. The Bertz CT molecular complexity index is 449. The van der Waals surface area contributed by atoms with Crippen LogP contribution in [0.1, 0.15) is 18.9 Å². The number of hydrogen-bond acceptors (Lipinski definition) is 4. The van der Waals surface area contributed by atoms with Crippen molar-refractivity contribution in [3.63, 3.8) is 0 Å². The maximum Gasteiger partial charge on any atom is 0.416 e. The Labute approximate surface area is 114 Å². The van der Waals surface area contributed by atoms with Crippen LogP contribution in [0.3, 0.4) is 0 Å². The van der Waals surface area contributed by atoms with Crippen molar-refractivity contribution in [2.24, 2.45) is 0 Å². The zero-order chi connectivity index (χ0) is 15.2. The molecule has 0 saturated carbocycles. The number of aliphatic hydroxyl groups excluding tert-OH is 1. The molecule has 0 fully saturated rings. The molecule has 0 aromatic heterocycles. The highest BCUT2D eigenvalue weighted by atomic mass is 19.4. The first-order valence-electron chi connectivity index (χ1n) is 6.07. The largest absolute Gasteiger partial charge is 0.466 e. The van der Waals surface area contributed by atoms with E-state index in [9.17, 15) is 23.1 Å². The first kappa shape index (κ1) is 16.3. The summed E-state index contributed by atoms with van der Waals surface area (Å²) in [4.78, 5) is 11.1. The predicted octanol–water partition coefficient (Wildman–Crippen LogP) is 2.43. The molecule has 0 saturated heterocycles. The van der Waals surface area contributed by atoms with Gasteiger partial charge in [0.25, 0.3) is 0 Å². The van der Waals surface area contributed by atoms with Crippen LogP contribution in [0.25, 0.3) is 0 Å². The van der Waals surface area contributed by atoms with Gasteiger partial charge in [-0.1, -0.05) is 6.07 Å². The van der Waals surface area contributed by atoms with Crippen LogP contribution in [-0.2, 0) is 15.7 Å². The number of carbonyl (C=O) groups excluding carboxylic acids is 1. The SMILES string of the molecule is CCOC(=O)CC(O)CNc1cccc(C(F)(F)F)c1. The molecule has 0 heterocycles. The van der Waals surface area contributed by atoms with Crippen LogP contribution in [0, 0.1) is 0 Å². The molecule has 112 valence electrons. The van der Waals surface area contributed by atoms with E-state index in [1.807, 2.05) is 0 Å². The van der Waals surface area contributed by atoms with Crippen molar-refractivity contribution in [3.8, 4) is 0 Å². The van der Waals surface area contributed by atoms with E-state index in [2.05, 4.69) is 10.1 Å². The van der Waals surface area contributed by atoms with Crippen molar-refractivity contribution in [3.05, 3.63) is 29.8 Å². The molecule has 0 aliphatic carbocycles. The third kappa shape index (κ3) is 5.48. The molecule has 1 aromatic carbocycles. The van der Waals surface area contributed by atoms with Gasteiger partial charge >= 0.3 is 12.1 Å². The zero-order valence-corrected chi connectivity index (χ0v) is 10.9. The quantitative estimate of drug-likeness (QED) is 0.790. The molecule has 0 aliphatic rings. The molecule has 20 heavy (non-hydrogen) atoms. The van der Waals surface area contributed by atoms with Gasteiger partial charge in [0.15, 0.2) is 0 Å². The summed E-state index contributed by atoms with van der Waals surface area (Å²) in [6.45, 7) is 1.82. The van der Waals surface area contributed by atoms with Crippen LogP contribution in [0.5, 0.6) is 0 Å². The average molecular weight is 291 g/mol. The minimum absolute atomic E-state index is 0.0415. The van der Waals surface area contributed by atoms with E-state index in [0.717, 1.165) is 12.1 Å². The molecule has 0 spiro atoms. The van der Waals surface area contributed by atoms with E-state index in [1.165, 1.54) is 12.1 Å². The lowest BCUT2D eigenvalue weighted by Gasteiger charge is -2.13. The van der Waals surface area contributed by atoms with Gasteiger partial charge in [0, 0.05) is 12.2 Å². The third-order valence-electron chi connectivity index (χ3n) is 2.44. The van der Waals surface area contributed by atoms with Gasteiger partial charge in [-0.2, -0.15) is 13.2 Å². The number of benzene rings is 1. The summed E-state index contributed by atoms with van der Waals surface area (Å²) >= 11 is 0. The van der Waals surface area contributed by atoms with E-state index in [0.29, 0.717) is 0 Å².